The number of nitrogens with zero attached hydrogens (tertiary/aromatic N) is 1. The van der Waals surface area contributed by atoms with Gasteiger partial charge in [-0.25, -0.2) is 0 Å². The summed E-state index contributed by atoms with van der Waals surface area (Å²) in [6.07, 6.45) is 0.982. The van der Waals surface area contributed by atoms with Crippen molar-refractivity contribution in [1.29, 1.82) is 0 Å². The summed E-state index contributed by atoms with van der Waals surface area (Å²) in [7, 11) is 3.44. The molecule has 6 heteroatoms. The molecule has 1 heterocycles. The van der Waals surface area contributed by atoms with Crippen LogP contribution < -0.4 is 20.1 Å². The Balaban J connectivity index is 1.90. The fourth-order valence-electron chi connectivity index (χ4n) is 2.66. The van der Waals surface area contributed by atoms with E-state index in [0.29, 0.717) is 19.2 Å². The average Bonchev–Trinajstić information content (AvgIpc) is 3.04. The normalized spacial score (nSPS) is 12.6. The van der Waals surface area contributed by atoms with Crippen LogP contribution in [0.15, 0.2) is 35.3 Å². The van der Waals surface area contributed by atoms with E-state index < -0.39 is 0 Å². The Morgan fingerprint density at radius 2 is 2.04 bits per heavy atom. The molecule has 2 aromatic rings. The Morgan fingerprint density at radius 3 is 2.65 bits per heavy atom. The zero-order valence-electron chi connectivity index (χ0n) is 16.3. The van der Waals surface area contributed by atoms with Crippen LogP contribution in [0.5, 0.6) is 11.5 Å². The van der Waals surface area contributed by atoms with Crippen LogP contribution in [0.2, 0.25) is 0 Å². The van der Waals surface area contributed by atoms with Crippen molar-refractivity contribution in [3.63, 3.8) is 0 Å². The van der Waals surface area contributed by atoms with E-state index in [2.05, 4.69) is 41.6 Å². The molecule has 0 bridgehead atoms. The van der Waals surface area contributed by atoms with Gasteiger partial charge in [-0.3, -0.25) is 4.99 Å². The summed E-state index contributed by atoms with van der Waals surface area (Å²) in [4.78, 5) is 7.05. The van der Waals surface area contributed by atoms with Crippen molar-refractivity contribution < 1.29 is 9.47 Å². The van der Waals surface area contributed by atoms with Gasteiger partial charge in [0, 0.05) is 35.8 Å². The van der Waals surface area contributed by atoms with Gasteiger partial charge in [-0.2, -0.15) is 0 Å². The first-order chi connectivity index (χ1) is 12.5. The number of hydrogen-bond acceptors (Lipinski definition) is 4. The number of thiophene rings is 1. The average molecular weight is 376 g/mol. The molecule has 2 N–H and O–H groups in total. The zero-order valence-corrected chi connectivity index (χ0v) is 17.1. The molecule has 142 valence electrons. The number of aryl methyl sites for hydroxylation is 1. The number of ether oxygens (including phenoxy) is 2. The molecule has 26 heavy (non-hydrogen) atoms. The first-order valence-electron chi connectivity index (χ1n) is 8.87. The van der Waals surface area contributed by atoms with Gasteiger partial charge in [0.1, 0.15) is 0 Å². The molecule has 0 spiro atoms. The second-order valence-corrected chi connectivity index (χ2v) is 7.48. The molecular weight excluding hydrogens is 346 g/mol. The van der Waals surface area contributed by atoms with Gasteiger partial charge in [0.15, 0.2) is 17.5 Å². The van der Waals surface area contributed by atoms with Gasteiger partial charge >= 0.3 is 0 Å². The van der Waals surface area contributed by atoms with Gasteiger partial charge in [-0.05, 0) is 50.6 Å². The van der Waals surface area contributed by atoms with Crippen molar-refractivity contribution in [2.75, 3.05) is 20.8 Å². The first kappa shape index (κ1) is 20.1. The second kappa shape index (κ2) is 10.1. The van der Waals surface area contributed by atoms with Gasteiger partial charge in [-0.1, -0.05) is 6.07 Å². The third-order valence-corrected chi connectivity index (χ3v) is 4.92. The number of aliphatic imine (C=N–C) groups is 1. The maximum absolute atomic E-state index is 5.56. The van der Waals surface area contributed by atoms with E-state index in [1.54, 1.807) is 14.2 Å². The highest BCUT2D eigenvalue weighted by molar-refractivity contribution is 7.11. The number of benzene rings is 1. The Kier molecular flexibility index (Phi) is 7.78. The summed E-state index contributed by atoms with van der Waals surface area (Å²) in [5.41, 5.74) is 1.11. The summed E-state index contributed by atoms with van der Waals surface area (Å²) in [5, 5.41) is 6.80. The van der Waals surface area contributed by atoms with Crippen LogP contribution in [0, 0.1) is 6.92 Å². The van der Waals surface area contributed by atoms with Crippen LogP contribution in [0.3, 0.4) is 0 Å². The summed E-state index contributed by atoms with van der Waals surface area (Å²) >= 11 is 1.84. The summed E-state index contributed by atoms with van der Waals surface area (Å²) < 4.78 is 11.0. The molecule has 0 saturated carbocycles. The monoisotopic (exact) mass is 375 g/mol. The molecule has 0 aliphatic carbocycles. The molecule has 1 aromatic heterocycles. The van der Waals surface area contributed by atoms with E-state index in [-0.39, 0.29) is 0 Å². The fraction of sp³-hybridized carbons (Fsp3) is 0.450. The smallest absolute Gasteiger partial charge is 0.191 e. The SMILES string of the molecule is CCOc1ccc(CNC(=NC)NC(C)Cc2ccc(C)s2)cc1OC. The fourth-order valence-corrected chi connectivity index (χ4v) is 3.68. The molecule has 0 aliphatic heterocycles. The highest BCUT2D eigenvalue weighted by Gasteiger charge is 2.09. The van der Waals surface area contributed by atoms with Gasteiger partial charge in [0.05, 0.1) is 13.7 Å². The summed E-state index contributed by atoms with van der Waals surface area (Å²) in [5.74, 6) is 2.30. The largest absolute Gasteiger partial charge is 0.493 e. The number of methoxy groups -OCH3 is 1. The number of hydrogen-bond donors (Lipinski definition) is 2. The lowest BCUT2D eigenvalue weighted by atomic mass is 10.2. The molecule has 1 aromatic carbocycles. The standard InChI is InChI=1S/C20H29N3O2S/c1-6-25-18-10-8-16(12-19(18)24-5)13-22-20(21-4)23-14(2)11-17-9-7-15(3)26-17/h7-10,12,14H,6,11,13H2,1-5H3,(H2,21,22,23). The predicted octanol–water partition coefficient (Wildman–Crippen LogP) is 3.76. The molecule has 1 atom stereocenters. The van der Waals surface area contributed by atoms with E-state index >= 15 is 0 Å². The topological polar surface area (TPSA) is 54.9 Å². The van der Waals surface area contributed by atoms with E-state index in [4.69, 9.17) is 9.47 Å². The minimum atomic E-state index is 0.300. The lowest BCUT2D eigenvalue weighted by Gasteiger charge is -2.18. The van der Waals surface area contributed by atoms with Crippen molar-refractivity contribution in [2.24, 2.45) is 4.99 Å². The molecule has 5 nitrogen and oxygen atoms in total. The van der Waals surface area contributed by atoms with Crippen molar-refractivity contribution in [3.8, 4) is 11.5 Å². The van der Waals surface area contributed by atoms with E-state index in [0.717, 1.165) is 29.4 Å². The van der Waals surface area contributed by atoms with Crippen molar-refractivity contribution in [2.45, 2.75) is 39.8 Å². The summed E-state index contributed by atoms with van der Waals surface area (Å²) in [6, 6.07) is 10.6. The van der Waals surface area contributed by atoms with Crippen LogP contribution in [-0.2, 0) is 13.0 Å². The lowest BCUT2D eigenvalue weighted by Crippen LogP contribution is -2.42. The van der Waals surface area contributed by atoms with Crippen molar-refractivity contribution in [1.82, 2.24) is 10.6 Å². The van der Waals surface area contributed by atoms with E-state index in [9.17, 15) is 0 Å². The molecule has 0 radical (unpaired) electrons. The maximum atomic E-state index is 5.56. The van der Waals surface area contributed by atoms with E-state index in [1.807, 2.05) is 36.5 Å². The van der Waals surface area contributed by atoms with Gasteiger partial charge in [0.25, 0.3) is 0 Å². The number of nitrogens with one attached hydrogen (secondary N) is 2. The third kappa shape index (κ3) is 5.95. The lowest BCUT2D eigenvalue weighted by molar-refractivity contribution is 0.310. The first-order valence-corrected chi connectivity index (χ1v) is 9.69. The van der Waals surface area contributed by atoms with Crippen LogP contribution in [0.4, 0.5) is 0 Å². The quantitative estimate of drug-likeness (QED) is 0.545. The Hall–Kier alpha value is -2.21. The molecular formula is C20H29N3O2S. The molecule has 0 saturated heterocycles. The molecule has 1 unspecified atom stereocenters. The molecule has 2 rings (SSSR count). The Bertz CT molecular complexity index is 728. The highest BCUT2D eigenvalue weighted by atomic mass is 32.1. The summed E-state index contributed by atoms with van der Waals surface area (Å²) in [6.45, 7) is 7.54. The third-order valence-electron chi connectivity index (χ3n) is 3.90. The van der Waals surface area contributed by atoms with Crippen LogP contribution >= 0.6 is 11.3 Å². The maximum Gasteiger partial charge on any atom is 0.191 e. The minimum Gasteiger partial charge on any atom is -0.493 e. The Labute approximate surface area is 160 Å². The zero-order chi connectivity index (χ0) is 18.9. The van der Waals surface area contributed by atoms with Crippen LogP contribution in [-0.4, -0.2) is 32.8 Å². The second-order valence-electron chi connectivity index (χ2n) is 6.11. The Morgan fingerprint density at radius 1 is 1.23 bits per heavy atom. The van der Waals surface area contributed by atoms with E-state index in [1.165, 1.54) is 9.75 Å². The number of rotatable bonds is 8. The van der Waals surface area contributed by atoms with Crippen molar-refractivity contribution in [3.05, 3.63) is 45.6 Å². The van der Waals surface area contributed by atoms with Gasteiger partial charge in [0.2, 0.25) is 0 Å². The highest BCUT2D eigenvalue weighted by Crippen LogP contribution is 2.27. The van der Waals surface area contributed by atoms with Crippen molar-refractivity contribution >= 4 is 17.3 Å². The van der Waals surface area contributed by atoms with Gasteiger partial charge < -0.3 is 20.1 Å². The number of guanidine groups is 1. The van der Waals surface area contributed by atoms with Crippen LogP contribution in [0.25, 0.3) is 0 Å². The molecule has 0 amide bonds. The minimum absolute atomic E-state index is 0.300. The predicted molar refractivity (Wildman–Crippen MR) is 110 cm³/mol. The van der Waals surface area contributed by atoms with Gasteiger partial charge in [-0.15, -0.1) is 11.3 Å². The van der Waals surface area contributed by atoms with Crippen LogP contribution in [0.1, 0.15) is 29.2 Å². The molecule has 0 fully saturated rings. The molecule has 0 aliphatic rings.